The van der Waals surface area contributed by atoms with E-state index in [1.54, 1.807) is 6.07 Å². The number of aliphatic imine (C=N–C) groups is 1. The largest absolute Gasteiger partial charge is 0.240 e. The molecule has 0 unspecified atom stereocenters. The molecule has 0 amide bonds. The predicted molar refractivity (Wildman–Crippen MR) is 44.0 cm³/mol. The Morgan fingerprint density at radius 3 is 2.82 bits per heavy atom. The van der Waals surface area contributed by atoms with Crippen molar-refractivity contribution < 1.29 is 4.79 Å². The molecule has 0 aromatic heterocycles. The number of nitrogens with zero attached hydrogens (tertiary/aromatic N) is 1. The molecule has 1 aromatic rings. The number of para-hydroxylation sites is 1. The van der Waals surface area contributed by atoms with Crippen LogP contribution in [0.1, 0.15) is 5.56 Å². The summed E-state index contributed by atoms with van der Waals surface area (Å²) in [5, 5.41) is 0.480. The summed E-state index contributed by atoms with van der Waals surface area (Å²) in [5.41, 5.74) is 1.38. The van der Waals surface area contributed by atoms with E-state index < -0.39 is 0 Å². The molecule has 0 aliphatic rings. The zero-order valence-corrected chi connectivity index (χ0v) is 6.72. The molecular formula is C8H6ClNO. The average Bonchev–Trinajstić information content (AvgIpc) is 1.97. The van der Waals surface area contributed by atoms with Gasteiger partial charge in [-0.05, 0) is 18.6 Å². The molecule has 0 N–H and O–H groups in total. The first-order valence-corrected chi connectivity index (χ1v) is 3.46. The van der Waals surface area contributed by atoms with E-state index in [0.717, 1.165) is 5.56 Å². The van der Waals surface area contributed by atoms with Gasteiger partial charge in [-0.3, -0.25) is 0 Å². The molecule has 2 nitrogen and oxygen atoms in total. The van der Waals surface area contributed by atoms with E-state index in [-0.39, 0.29) is 0 Å². The number of aryl methyl sites for hydroxylation is 1. The normalized spacial score (nSPS) is 8.91. The highest BCUT2D eigenvalue weighted by Crippen LogP contribution is 2.27. The van der Waals surface area contributed by atoms with Crippen LogP contribution in [0.4, 0.5) is 5.69 Å². The zero-order chi connectivity index (χ0) is 8.27. The Balaban J connectivity index is 3.31. The Morgan fingerprint density at radius 1 is 1.55 bits per heavy atom. The summed E-state index contributed by atoms with van der Waals surface area (Å²) in [7, 11) is 0. The predicted octanol–water partition coefficient (Wildman–Crippen LogP) is 2.62. The monoisotopic (exact) mass is 167 g/mol. The van der Waals surface area contributed by atoms with Crippen LogP contribution < -0.4 is 0 Å². The molecule has 56 valence electrons. The Bertz CT molecular complexity index is 296. The molecule has 0 radical (unpaired) electrons. The van der Waals surface area contributed by atoms with Gasteiger partial charge in [0.15, 0.2) is 0 Å². The van der Waals surface area contributed by atoms with E-state index in [0.29, 0.717) is 10.7 Å². The molecule has 1 rings (SSSR count). The third-order valence-corrected chi connectivity index (χ3v) is 1.65. The van der Waals surface area contributed by atoms with Crippen LogP contribution in [0.3, 0.4) is 0 Å². The lowest BCUT2D eigenvalue weighted by atomic mass is 10.2. The molecule has 0 fully saturated rings. The van der Waals surface area contributed by atoms with Crippen LogP contribution in [0.2, 0.25) is 5.02 Å². The second-order valence-electron chi connectivity index (χ2n) is 2.11. The van der Waals surface area contributed by atoms with Crippen LogP contribution in [0.25, 0.3) is 0 Å². The molecule has 3 heteroatoms. The van der Waals surface area contributed by atoms with Gasteiger partial charge in [0.1, 0.15) is 0 Å². The Hall–Kier alpha value is -1.11. The molecule has 0 spiro atoms. The highest BCUT2D eigenvalue weighted by Gasteiger charge is 1.99. The second kappa shape index (κ2) is 3.33. The van der Waals surface area contributed by atoms with Crippen molar-refractivity contribution in [1.82, 2.24) is 0 Å². The van der Waals surface area contributed by atoms with Crippen LogP contribution in [0.15, 0.2) is 23.2 Å². The van der Waals surface area contributed by atoms with Crippen LogP contribution in [-0.2, 0) is 4.79 Å². The Labute approximate surface area is 69.5 Å². The minimum Gasteiger partial charge on any atom is -0.211 e. The van der Waals surface area contributed by atoms with Gasteiger partial charge in [0, 0.05) is 0 Å². The van der Waals surface area contributed by atoms with Gasteiger partial charge in [-0.15, -0.1) is 0 Å². The van der Waals surface area contributed by atoms with E-state index in [1.807, 2.05) is 19.1 Å². The van der Waals surface area contributed by atoms with Crippen LogP contribution in [0.5, 0.6) is 0 Å². The molecule has 0 saturated carbocycles. The molecule has 0 aliphatic carbocycles. The number of halogens is 1. The zero-order valence-electron chi connectivity index (χ0n) is 5.97. The summed E-state index contributed by atoms with van der Waals surface area (Å²) >= 11 is 5.74. The van der Waals surface area contributed by atoms with Crippen LogP contribution >= 0.6 is 11.6 Å². The fourth-order valence-corrected chi connectivity index (χ4v) is 1.07. The van der Waals surface area contributed by atoms with Crippen molar-refractivity contribution in [3.05, 3.63) is 28.8 Å². The summed E-state index contributed by atoms with van der Waals surface area (Å²) in [5.74, 6) is 0. The summed E-state index contributed by atoms with van der Waals surface area (Å²) in [6, 6.07) is 5.33. The maximum absolute atomic E-state index is 9.93. The Kier molecular flexibility index (Phi) is 2.42. The van der Waals surface area contributed by atoms with Crippen molar-refractivity contribution >= 4 is 23.4 Å². The van der Waals surface area contributed by atoms with Gasteiger partial charge in [-0.25, -0.2) is 4.79 Å². The molecule has 0 aliphatic heterocycles. The van der Waals surface area contributed by atoms with Gasteiger partial charge in [0.25, 0.3) is 0 Å². The van der Waals surface area contributed by atoms with Crippen molar-refractivity contribution in [3.63, 3.8) is 0 Å². The number of hydrogen-bond donors (Lipinski definition) is 0. The highest BCUT2D eigenvalue weighted by atomic mass is 35.5. The standard InChI is InChI=1S/C8H6ClNO/c1-6-3-2-4-7(9)8(6)10-5-11/h2-4H,1H3. The minimum absolute atomic E-state index is 0.480. The fourth-order valence-electron chi connectivity index (χ4n) is 0.810. The first-order chi connectivity index (χ1) is 5.25. The summed E-state index contributed by atoms with van der Waals surface area (Å²) in [4.78, 5) is 13.4. The van der Waals surface area contributed by atoms with Crippen molar-refractivity contribution in [2.75, 3.05) is 0 Å². The van der Waals surface area contributed by atoms with Gasteiger partial charge in [0.2, 0.25) is 6.08 Å². The third-order valence-electron chi connectivity index (χ3n) is 1.35. The first kappa shape index (κ1) is 7.99. The van der Waals surface area contributed by atoms with Crippen molar-refractivity contribution in [2.24, 2.45) is 4.99 Å². The molecular weight excluding hydrogens is 162 g/mol. The maximum atomic E-state index is 9.93. The van der Waals surface area contributed by atoms with Gasteiger partial charge in [0.05, 0.1) is 10.7 Å². The van der Waals surface area contributed by atoms with Gasteiger partial charge >= 0.3 is 0 Å². The van der Waals surface area contributed by atoms with Gasteiger partial charge in [-0.2, -0.15) is 4.99 Å². The molecule has 0 heterocycles. The first-order valence-electron chi connectivity index (χ1n) is 3.08. The lowest BCUT2D eigenvalue weighted by Crippen LogP contribution is -1.74. The second-order valence-corrected chi connectivity index (χ2v) is 2.52. The van der Waals surface area contributed by atoms with E-state index in [4.69, 9.17) is 11.6 Å². The van der Waals surface area contributed by atoms with Crippen molar-refractivity contribution in [3.8, 4) is 0 Å². The van der Waals surface area contributed by atoms with E-state index >= 15 is 0 Å². The lowest BCUT2D eigenvalue weighted by Gasteiger charge is -1.97. The number of isocyanates is 1. The smallest absolute Gasteiger partial charge is 0.211 e. The number of benzene rings is 1. The highest BCUT2D eigenvalue weighted by molar-refractivity contribution is 6.33. The topological polar surface area (TPSA) is 29.4 Å². The van der Waals surface area contributed by atoms with E-state index in [1.165, 1.54) is 6.08 Å². The summed E-state index contributed by atoms with van der Waals surface area (Å²) < 4.78 is 0. The van der Waals surface area contributed by atoms with E-state index in [9.17, 15) is 4.79 Å². The summed E-state index contributed by atoms with van der Waals surface area (Å²) in [6.45, 7) is 1.84. The third kappa shape index (κ3) is 1.67. The van der Waals surface area contributed by atoms with Crippen LogP contribution in [-0.4, -0.2) is 6.08 Å². The number of carbonyl (C=O) groups excluding carboxylic acids is 1. The van der Waals surface area contributed by atoms with Crippen molar-refractivity contribution in [2.45, 2.75) is 6.92 Å². The molecule has 0 atom stereocenters. The molecule has 1 aromatic carbocycles. The van der Waals surface area contributed by atoms with Gasteiger partial charge < -0.3 is 0 Å². The maximum Gasteiger partial charge on any atom is 0.240 e. The molecule has 11 heavy (non-hydrogen) atoms. The fraction of sp³-hybridized carbons (Fsp3) is 0.125. The van der Waals surface area contributed by atoms with E-state index in [2.05, 4.69) is 4.99 Å². The van der Waals surface area contributed by atoms with Crippen molar-refractivity contribution in [1.29, 1.82) is 0 Å². The number of rotatable bonds is 1. The Morgan fingerprint density at radius 2 is 2.27 bits per heavy atom. The lowest BCUT2D eigenvalue weighted by molar-refractivity contribution is 0.565. The quantitative estimate of drug-likeness (QED) is 0.467. The minimum atomic E-state index is 0.480. The SMILES string of the molecule is Cc1cccc(Cl)c1N=C=O. The molecule has 0 bridgehead atoms. The molecule has 0 saturated heterocycles. The average molecular weight is 168 g/mol. The van der Waals surface area contributed by atoms with Gasteiger partial charge in [-0.1, -0.05) is 23.7 Å². The summed E-state index contributed by atoms with van der Waals surface area (Å²) in [6.07, 6.45) is 1.46. The van der Waals surface area contributed by atoms with Crippen LogP contribution in [0, 0.1) is 6.92 Å². The number of hydrogen-bond acceptors (Lipinski definition) is 2.